The van der Waals surface area contributed by atoms with Gasteiger partial charge in [-0.25, -0.2) is 13.4 Å². The molecule has 0 bridgehead atoms. The lowest BCUT2D eigenvalue weighted by Crippen LogP contribution is -2.45. The fourth-order valence-corrected chi connectivity index (χ4v) is 4.51. The highest BCUT2D eigenvalue weighted by Crippen LogP contribution is 2.17. The minimum atomic E-state index is -3.46. The summed E-state index contributed by atoms with van der Waals surface area (Å²) in [5, 5.41) is 6.65. The number of guanidine groups is 1. The van der Waals surface area contributed by atoms with Crippen molar-refractivity contribution in [1.29, 1.82) is 0 Å². The second-order valence-electron chi connectivity index (χ2n) is 8.31. The molecule has 0 radical (unpaired) electrons. The summed E-state index contributed by atoms with van der Waals surface area (Å²) in [5.74, 6) is 0.765. The van der Waals surface area contributed by atoms with Gasteiger partial charge in [0.15, 0.2) is 5.96 Å². The minimum Gasteiger partial charge on any atom is -0.357 e. The first-order chi connectivity index (χ1) is 14.0. The number of nitrogens with one attached hydrogen (secondary N) is 2. The van der Waals surface area contributed by atoms with E-state index in [2.05, 4.69) is 48.2 Å². The van der Waals surface area contributed by atoms with Crippen LogP contribution < -0.4 is 10.6 Å². The summed E-state index contributed by atoms with van der Waals surface area (Å²) in [5.41, 5.74) is 0.962. The van der Waals surface area contributed by atoms with E-state index in [0.717, 1.165) is 31.2 Å². The Hall–Kier alpha value is -1.64. The Morgan fingerprint density at radius 2 is 1.53 bits per heavy atom. The number of sulfonamides is 1. The van der Waals surface area contributed by atoms with Gasteiger partial charge in [-0.05, 0) is 66.2 Å². The van der Waals surface area contributed by atoms with Crippen molar-refractivity contribution in [2.45, 2.75) is 78.0 Å². The van der Waals surface area contributed by atoms with Crippen LogP contribution in [0.3, 0.4) is 0 Å². The zero-order valence-electron chi connectivity index (χ0n) is 19.9. The predicted octanol–water partition coefficient (Wildman–Crippen LogP) is 2.89. The van der Waals surface area contributed by atoms with Crippen molar-refractivity contribution in [2.24, 2.45) is 4.99 Å². The average Bonchev–Trinajstić information content (AvgIpc) is 2.68. The maximum atomic E-state index is 12.6. The van der Waals surface area contributed by atoms with E-state index in [1.807, 2.05) is 32.9 Å². The molecule has 0 aromatic heterocycles. The van der Waals surface area contributed by atoms with Gasteiger partial charge in [0, 0.05) is 44.8 Å². The Morgan fingerprint density at radius 1 is 0.967 bits per heavy atom. The second-order valence-corrected chi connectivity index (χ2v) is 10.3. The van der Waals surface area contributed by atoms with E-state index in [-0.39, 0.29) is 6.04 Å². The molecule has 172 valence electrons. The topological polar surface area (TPSA) is 77.0 Å². The van der Waals surface area contributed by atoms with E-state index < -0.39 is 10.0 Å². The molecule has 7 nitrogen and oxygen atoms in total. The maximum absolute atomic E-state index is 12.6. The molecule has 0 aliphatic carbocycles. The second kappa shape index (κ2) is 12.3. The summed E-state index contributed by atoms with van der Waals surface area (Å²) < 4.78 is 26.5. The Bertz CT molecular complexity index is 750. The van der Waals surface area contributed by atoms with Crippen molar-refractivity contribution in [3.8, 4) is 0 Å². The van der Waals surface area contributed by atoms with Crippen LogP contribution in [0.25, 0.3) is 0 Å². The Labute approximate surface area is 184 Å². The van der Waals surface area contributed by atoms with Crippen LogP contribution in [0.1, 0.15) is 54.0 Å². The van der Waals surface area contributed by atoms with Crippen LogP contribution in [0.5, 0.6) is 0 Å². The van der Waals surface area contributed by atoms with E-state index >= 15 is 0 Å². The van der Waals surface area contributed by atoms with Crippen LogP contribution in [0.2, 0.25) is 0 Å². The lowest BCUT2D eigenvalue weighted by atomic mass is 10.2. The number of nitrogens with zero attached hydrogens (tertiary/aromatic N) is 3. The molecule has 1 rings (SSSR count). The molecule has 1 aromatic rings. The number of aliphatic imine (C=N–C) groups is 1. The summed E-state index contributed by atoms with van der Waals surface area (Å²) in [4.78, 5) is 7.38. The van der Waals surface area contributed by atoms with E-state index in [1.54, 1.807) is 19.2 Å². The lowest BCUT2D eigenvalue weighted by molar-refractivity contribution is 0.178. The number of rotatable bonds is 11. The highest BCUT2D eigenvalue weighted by Gasteiger charge is 2.22. The first-order valence-electron chi connectivity index (χ1n) is 10.9. The molecular weight excluding hydrogens is 398 g/mol. The third kappa shape index (κ3) is 7.89. The number of benzene rings is 1. The third-order valence-corrected chi connectivity index (χ3v) is 7.13. The minimum absolute atomic E-state index is 0.0876. The van der Waals surface area contributed by atoms with Gasteiger partial charge in [0.05, 0.1) is 11.4 Å². The molecule has 2 N–H and O–H groups in total. The molecule has 0 atom stereocenters. The Morgan fingerprint density at radius 3 is 2.00 bits per heavy atom. The Kier molecular flexibility index (Phi) is 10.8. The lowest BCUT2D eigenvalue weighted by Gasteiger charge is -2.30. The molecular formula is C22H41N5O2S. The third-order valence-electron chi connectivity index (χ3n) is 5.08. The van der Waals surface area contributed by atoms with Gasteiger partial charge in [-0.3, -0.25) is 4.90 Å². The normalized spacial score (nSPS) is 13.2. The standard InChI is InChI=1S/C22H41N5O2S/c1-9-23-22(24-14-15-27(18(4)5)19(6)7)25-16-20-10-12-21(13-11-20)30(28,29)26(8)17(2)3/h10-13,17-19H,9,14-16H2,1-8H3,(H2,23,24,25). The van der Waals surface area contributed by atoms with Gasteiger partial charge in [-0.15, -0.1) is 0 Å². The van der Waals surface area contributed by atoms with Gasteiger partial charge in [0.25, 0.3) is 0 Å². The van der Waals surface area contributed by atoms with Crippen LogP contribution in [-0.4, -0.2) is 68.4 Å². The molecule has 0 aliphatic heterocycles. The van der Waals surface area contributed by atoms with E-state index in [0.29, 0.717) is 23.5 Å². The van der Waals surface area contributed by atoms with Crippen molar-refractivity contribution in [3.05, 3.63) is 29.8 Å². The molecule has 1 aromatic carbocycles. The zero-order chi connectivity index (χ0) is 22.9. The van der Waals surface area contributed by atoms with Gasteiger partial charge in [-0.2, -0.15) is 4.31 Å². The molecule has 30 heavy (non-hydrogen) atoms. The van der Waals surface area contributed by atoms with Crippen molar-refractivity contribution in [1.82, 2.24) is 19.8 Å². The molecule has 8 heteroatoms. The van der Waals surface area contributed by atoms with E-state index in [4.69, 9.17) is 0 Å². The van der Waals surface area contributed by atoms with Gasteiger partial charge in [0.1, 0.15) is 0 Å². The van der Waals surface area contributed by atoms with Gasteiger partial charge >= 0.3 is 0 Å². The predicted molar refractivity (Wildman–Crippen MR) is 126 cm³/mol. The molecule has 0 heterocycles. The fraction of sp³-hybridized carbons (Fsp3) is 0.682. The van der Waals surface area contributed by atoms with E-state index in [1.165, 1.54) is 4.31 Å². The molecule has 0 fully saturated rings. The SMILES string of the molecule is CCNC(=NCc1ccc(S(=O)(=O)N(C)C(C)C)cc1)NCCN(C(C)C)C(C)C. The molecule has 0 saturated carbocycles. The van der Waals surface area contributed by atoms with Crippen molar-refractivity contribution in [3.63, 3.8) is 0 Å². The molecule has 0 amide bonds. The summed E-state index contributed by atoms with van der Waals surface area (Å²) in [7, 11) is -1.86. The van der Waals surface area contributed by atoms with Crippen molar-refractivity contribution < 1.29 is 8.42 Å². The van der Waals surface area contributed by atoms with Crippen LogP contribution >= 0.6 is 0 Å². The largest absolute Gasteiger partial charge is 0.357 e. The highest BCUT2D eigenvalue weighted by atomic mass is 32.2. The van der Waals surface area contributed by atoms with Crippen LogP contribution in [-0.2, 0) is 16.6 Å². The monoisotopic (exact) mass is 439 g/mol. The summed E-state index contributed by atoms with van der Waals surface area (Å²) in [6.07, 6.45) is 0. The van der Waals surface area contributed by atoms with Crippen LogP contribution in [0.15, 0.2) is 34.2 Å². The van der Waals surface area contributed by atoms with Crippen molar-refractivity contribution in [2.75, 3.05) is 26.7 Å². The van der Waals surface area contributed by atoms with Crippen LogP contribution in [0, 0.1) is 0 Å². The quantitative estimate of drug-likeness (QED) is 0.410. The number of hydrogen-bond donors (Lipinski definition) is 2. The molecule has 0 spiro atoms. The first-order valence-corrected chi connectivity index (χ1v) is 12.3. The summed E-state index contributed by atoms with van der Waals surface area (Å²) in [6.45, 7) is 17.6. The summed E-state index contributed by atoms with van der Waals surface area (Å²) >= 11 is 0. The number of hydrogen-bond acceptors (Lipinski definition) is 4. The van der Waals surface area contributed by atoms with Crippen LogP contribution in [0.4, 0.5) is 0 Å². The highest BCUT2D eigenvalue weighted by molar-refractivity contribution is 7.89. The van der Waals surface area contributed by atoms with Gasteiger partial charge in [0.2, 0.25) is 10.0 Å². The first kappa shape index (κ1) is 26.4. The van der Waals surface area contributed by atoms with E-state index in [9.17, 15) is 8.42 Å². The molecule has 0 aliphatic rings. The maximum Gasteiger partial charge on any atom is 0.243 e. The molecule has 0 unspecified atom stereocenters. The Balaban J connectivity index is 2.77. The van der Waals surface area contributed by atoms with Gasteiger partial charge < -0.3 is 10.6 Å². The average molecular weight is 440 g/mol. The van der Waals surface area contributed by atoms with Gasteiger partial charge in [-0.1, -0.05) is 12.1 Å². The smallest absolute Gasteiger partial charge is 0.243 e. The molecule has 0 saturated heterocycles. The van der Waals surface area contributed by atoms with Crippen molar-refractivity contribution >= 4 is 16.0 Å². The fourth-order valence-electron chi connectivity index (χ4n) is 3.14. The summed E-state index contributed by atoms with van der Waals surface area (Å²) in [6, 6.07) is 7.87. The zero-order valence-corrected chi connectivity index (χ0v) is 20.8.